The molecule has 26 heavy (non-hydrogen) atoms. The van der Waals surface area contributed by atoms with Crippen molar-refractivity contribution in [2.45, 2.75) is 32.1 Å². The standard InChI is InChI=1S/C19H26BrN3O3/c20-16-5-7-17(8-6-16)26-13-19(25)22-21-18(24)12-23-10-9-14-3-1-2-4-15(14)11-23/h5-8,14-15H,1-4,9-13H2,(H,21,24)(H,22,25)/t14-,15+/m0/s1. The monoisotopic (exact) mass is 423 g/mol. The first-order valence-electron chi connectivity index (χ1n) is 9.28. The number of benzene rings is 1. The Labute approximate surface area is 162 Å². The van der Waals surface area contributed by atoms with Crippen LogP contribution in [0.1, 0.15) is 32.1 Å². The van der Waals surface area contributed by atoms with Crippen LogP contribution in [0.3, 0.4) is 0 Å². The number of nitrogens with one attached hydrogen (secondary N) is 2. The summed E-state index contributed by atoms with van der Waals surface area (Å²) >= 11 is 3.34. The summed E-state index contributed by atoms with van der Waals surface area (Å²) in [4.78, 5) is 26.1. The van der Waals surface area contributed by atoms with Gasteiger partial charge >= 0.3 is 0 Å². The van der Waals surface area contributed by atoms with Crippen LogP contribution in [0.25, 0.3) is 0 Å². The molecule has 1 saturated heterocycles. The van der Waals surface area contributed by atoms with E-state index < -0.39 is 0 Å². The number of hydrogen-bond donors (Lipinski definition) is 2. The summed E-state index contributed by atoms with van der Waals surface area (Å²) in [5.74, 6) is 1.62. The molecule has 1 aliphatic carbocycles. The van der Waals surface area contributed by atoms with Gasteiger partial charge < -0.3 is 4.74 Å². The number of carbonyl (C=O) groups excluding carboxylic acids is 2. The minimum Gasteiger partial charge on any atom is -0.484 e. The number of nitrogens with zero attached hydrogens (tertiary/aromatic N) is 1. The van der Waals surface area contributed by atoms with Crippen LogP contribution in [-0.2, 0) is 9.59 Å². The van der Waals surface area contributed by atoms with E-state index in [2.05, 4.69) is 31.7 Å². The van der Waals surface area contributed by atoms with Gasteiger partial charge in [0.15, 0.2) is 6.61 Å². The molecule has 1 aromatic rings. The Bertz CT molecular complexity index is 623. The molecule has 2 fully saturated rings. The van der Waals surface area contributed by atoms with Crippen molar-refractivity contribution in [3.8, 4) is 5.75 Å². The lowest BCUT2D eigenvalue weighted by atomic mass is 9.75. The fraction of sp³-hybridized carbons (Fsp3) is 0.579. The van der Waals surface area contributed by atoms with E-state index in [1.165, 1.54) is 32.1 Å². The SMILES string of the molecule is O=C(COc1ccc(Br)cc1)NNC(=O)CN1CC[C@@H]2CCCC[C@@H]2C1. The zero-order chi connectivity index (χ0) is 18.4. The highest BCUT2D eigenvalue weighted by atomic mass is 79.9. The van der Waals surface area contributed by atoms with Gasteiger partial charge in [-0.3, -0.25) is 25.3 Å². The second kappa shape index (κ2) is 9.37. The average Bonchev–Trinajstić information content (AvgIpc) is 2.66. The molecule has 2 N–H and O–H groups in total. The average molecular weight is 424 g/mol. The van der Waals surface area contributed by atoms with Crippen LogP contribution in [0.5, 0.6) is 5.75 Å². The van der Waals surface area contributed by atoms with Gasteiger partial charge in [0.2, 0.25) is 0 Å². The molecule has 1 heterocycles. The third kappa shape index (κ3) is 5.71. The van der Waals surface area contributed by atoms with Crippen molar-refractivity contribution in [3.05, 3.63) is 28.7 Å². The molecule has 0 radical (unpaired) electrons. The molecular formula is C19H26BrN3O3. The van der Waals surface area contributed by atoms with Crippen molar-refractivity contribution < 1.29 is 14.3 Å². The number of amides is 2. The lowest BCUT2D eigenvalue weighted by Gasteiger charge is -2.41. The molecule has 3 rings (SSSR count). The zero-order valence-corrected chi connectivity index (χ0v) is 16.5. The predicted octanol–water partition coefficient (Wildman–Crippen LogP) is 2.49. The number of hydrazine groups is 1. The number of halogens is 1. The molecule has 0 bridgehead atoms. The first kappa shape index (κ1) is 19.2. The van der Waals surface area contributed by atoms with E-state index in [0.29, 0.717) is 12.3 Å². The summed E-state index contributed by atoms with van der Waals surface area (Å²) in [5, 5.41) is 0. The minimum absolute atomic E-state index is 0.143. The van der Waals surface area contributed by atoms with Crippen LogP contribution in [0.2, 0.25) is 0 Å². The van der Waals surface area contributed by atoms with E-state index in [0.717, 1.165) is 29.4 Å². The van der Waals surface area contributed by atoms with Crippen molar-refractivity contribution in [3.63, 3.8) is 0 Å². The normalized spacial score (nSPS) is 23.0. The number of fused-ring (bicyclic) bond motifs is 1. The number of rotatable bonds is 5. The topological polar surface area (TPSA) is 70.7 Å². The van der Waals surface area contributed by atoms with Crippen LogP contribution in [-0.4, -0.2) is 43.0 Å². The molecule has 1 aliphatic heterocycles. The smallest absolute Gasteiger partial charge is 0.276 e. The maximum absolute atomic E-state index is 12.1. The van der Waals surface area contributed by atoms with E-state index in [9.17, 15) is 9.59 Å². The molecule has 0 unspecified atom stereocenters. The largest absolute Gasteiger partial charge is 0.484 e. The number of ether oxygens (including phenoxy) is 1. The van der Waals surface area contributed by atoms with Gasteiger partial charge in [-0.25, -0.2) is 0 Å². The fourth-order valence-corrected chi connectivity index (χ4v) is 4.18. The number of carbonyl (C=O) groups is 2. The van der Waals surface area contributed by atoms with Gasteiger partial charge in [-0.2, -0.15) is 0 Å². The molecule has 2 aliphatic rings. The maximum Gasteiger partial charge on any atom is 0.276 e. The van der Waals surface area contributed by atoms with Crippen LogP contribution >= 0.6 is 15.9 Å². The Morgan fingerprint density at radius 1 is 1.04 bits per heavy atom. The Kier molecular flexibility index (Phi) is 6.91. The van der Waals surface area contributed by atoms with Crippen molar-refractivity contribution in [1.29, 1.82) is 0 Å². The fourth-order valence-electron chi connectivity index (χ4n) is 3.92. The second-order valence-electron chi connectivity index (χ2n) is 7.17. The van der Waals surface area contributed by atoms with Crippen molar-refractivity contribution >= 4 is 27.7 Å². The summed E-state index contributed by atoms with van der Waals surface area (Å²) in [6.45, 7) is 2.15. The minimum atomic E-state index is -0.382. The third-order valence-corrected chi connectivity index (χ3v) is 5.80. The van der Waals surface area contributed by atoms with Crippen LogP contribution in [0.15, 0.2) is 28.7 Å². The van der Waals surface area contributed by atoms with Crippen LogP contribution < -0.4 is 15.6 Å². The maximum atomic E-state index is 12.1. The van der Waals surface area contributed by atoms with Gasteiger partial charge in [0.25, 0.3) is 11.8 Å². The number of likely N-dealkylation sites (tertiary alicyclic amines) is 1. The predicted molar refractivity (Wildman–Crippen MR) is 102 cm³/mol. The van der Waals surface area contributed by atoms with Gasteiger partial charge in [0.1, 0.15) is 5.75 Å². The first-order valence-corrected chi connectivity index (χ1v) is 10.1. The molecule has 0 spiro atoms. The van der Waals surface area contributed by atoms with Gasteiger partial charge in [0.05, 0.1) is 6.54 Å². The Hall–Kier alpha value is -1.60. The van der Waals surface area contributed by atoms with E-state index in [-0.39, 0.29) is 18.4 Å². The van der Waals surface area contributed by atoms with Crippen molar-refractivity contribution in [1.82, 2.24) is 15.8 Å². The van der Waals surface area contributed by atoms with E-state index in [1.807, 2.05) is 12.1 Å². The number of piperidine rings is 1. The van der Waals surface area contributed by atoms with E-state index >= 15 is 0 Å². The van der Waals surface area contributed by atoms with Crippen molar-refractivity contribution in [2.24, 2.45) is 11.8 Å². The van der Waals surface area contributed by atoms with E-state index in [1.54, 1.807) is 12.1 Å². The Balaban J connectivity index is 1.33. The van der Waals surface area contributed by atoms with Crippen LogP contribution in [0, 0.1) is 11.8 Å². The van der Waals surface area contributed by atoms with Crippen molar-refractivity contribution in [2.75, 3.05) is 26.2 Å². The van der Waals surface area contributed by atoms with Gasteiger partial charge in [-0.1, -0.05) is 35.2 Å². The highest BCUT2D eigenvalue weighted by Crippen LogP contribution is 2.35. The summed E-state index contributed by atoms with van der Waals surface area (Å²) in [6.07, 6.45) is 6.49. The molecule has 2 amide bonds. The highest BCUT2D eigenvalue weighted by Gasteiger charge is 2.31. The summed E-state index contributed by atoms with van der Waals surface area (Å²) in [7, 11) is 0. The number of hydrogen-bond acceptors (Lipinski definition) is 4. The second-order valence-corrected chi connectivity index (χ2v) is 8.08. The molecule has 6 nitrogen and oxygen atoms in total. The molecular weight excluding hydrogens is 398 g/mol. The summed E-state index contributed by atoms with van der Waals surface area (Å²) in [6, 6.07) is 7.21. The van der Waals surface area contributed by atoms with Gasteiger partial charge in [-0.05, 0) is 55.5 Å². The van der Waals surface area contributed by atoms with Gasteiger partial charge in [-0.15, -0.1) is 0 Å². The molecule has 0 aromatic heterocycles. The highest BCUT2D eigenvalue weighted by molar-refractivity contribution is 9.10. The lowest BCUT2D eigenvalue weighted by molar-refractivity contribution is -0.130. The van der Waals surface area contributed by atoms with Crippen LogP contribution in [0.4, 0.5) is 0 Å². The Morgan fingerprint density at radius 2 is 1.73 bits per heavy atom. The zero-order valence-electron chi connectivity index (χ0n) is 14.9. The molecule has 7 heteroatoms. The first-order chi connectivity index (χ1) is 12.6. The summed E-state index contributed by atoms with van der Waals surface area (Å²) in [5.41, 5.74) is 4.89. The molecule has 142 valence electrons. The quantitative estimate of drug-likeness (QED) is 0.713. The molecule has 1 aromatic carbocycles. The third-order valence-electron chi connectivity index (χ3n) is 5.27. The summed E-state index contributed by atoms with van der Waals surface area (Å²) < 4.78 is 6.31. The molecule has 1 saturated carbocycles. The molecule has 2 atom stereocenters. The Morgan fingerprint density at radius 3 is 2.50 bits per heavy atom. The van der Waals surface area contributed by atoms with E-state index in [4.69, 9.17) is 4.74 Å². The van der Waals surface area contributed by atoms with Gasteiger partial charge in [0, 0.05) is 11.0 Å². The lowest BCUT2D eigenvalue weighted by Crippen LogP contribution is -2.50.